The number of aliphatic hydroxyl groups is 1. The summed E-state index contributed by atoms with van der Waals surface area (Å²) >= 11 is 0. The number of carboxylic acid groups (broad SMARTS) is 1. The third kappa shape index (κ3) is 1.20. The van der Waals surface area contributed by atoms with E-state index in [0.29, 0.717) is 6.42 Å². The van der Waals surface area contributed by atoms with Gasteiger partial charge in [0.2, 0.25) is 0 Å². The maximum absolute atomic E-state index is 10.5. The van der Waals surface area contributed by atoms with Crippen LogP contribution in [0.3, 0.4) is 0 Å². The number of hydrogen-bond donors (Lipinski definition) is 3. The molecule has 0 bridgehead atoms. The molecule has 4 nitrogen and oxygen atoms in total. The van der Waals surface area contributed by atoms with Crippen LogP contribution in [0.15, 0.2) is 0 Å². The molecule has 1 saturated carbocycles. The second-order valence-corrected chi connectivity index (χ2v) is 3.54. The normalized spacial score (nSPS) is 43.1. The molecule has 2 rings (SSSR count). The third-order valence-electron chi connectivity index (χ3n) is 2.82. The van der Waals surface area contributed by atoms with Gasteiger partial charge in [-0.25, -0.2) is 0 Å². The summed E-state index contributed by atoms with van der Waals surface area (Å²) in [7, 11) is 0. The Labute approximate surface area is 76.4 Å². The van der Waals surface area contributed by atoms with E-state index in [2.05, 4.69) is 5.32 Å². The van der Waals surface area contributed by atoms with Crippen LogP contribution in [0.1, 0.15) is 12.8 Å². The topological polar surface area (TPSA) is 69.6 Å². The Balaban J connectivity index is 0.000000720. The van der Waals surface area contributed by atoms with Crippen molar-refractivity contribution in [3.05, 3.63) is 0 Å². The molecule has 0 unspecified atom stereocenters. The number of nitrogens with one attached hydrogen (secondary N) is 1. The van der Waals surface area contributed by atoms with Gasteiger partial charge in [0.05, 0.1) is 6.61 Å². The van der Waals surface area contributed by atoms with Crippen molar-refractivity contribution in [1.82, 2.24) is 5.32 Å². The van der Waals surface area contributed by atoms with Gasteiger partial charge in [0.15, 0.2) is 0 Å². The van der Waals surface area contributed by atoms with Crippen LogP contribution in [0.25, 0.3) is 0 Å². The zero-order chi connectivity index (χ0) is 8.06. The Morgan fingerprint density at radius 3 is 2.58 bits per heavy atom. The lowest BCUT2D eigenvalue weighted by Crippen LogP contribution is -2.33. The highest BCUT2D eigenvalue weighted by Crippen LogP contribution is 2.53. The highest BCUT2D eigenvalue weighted by molar-refractivity contribution is 5.85. The zero-order valence-corrected chi connectivity index (χ0v) is 7.30. The fraction of sp³-hybridized carbons (Fsp3) is 0.857. The summed E-state index contributed by atoms with van der Waals surface area (Å²) in [5.41, 5.74) is -0.0803. The van der Waals surface area contributed by atoms with E-state index in [9.17, 15) is 4.79 Å². The van der Waals surface area contributed by atoms with Crippen LogP contribution >= 0.6 is 12.4 Å². The molecule has 12 heavy (non-hydrogen) atoms. The second kappa shape index (κ2) is 2.87. The van der Waals surface area contributed by atoms with Crippen molar-refractivity contribution >= 4 is 18.4 Å². The van der Waals surface area contributed by atoms with Gasteiger partial charge in [-0.15, -0.1) is 12.4 Å². The predicted octanol–water partition coefficient (Wildman–Crippen LogP) is -0.394. The average molecular weight is 194 g/mol. The largest absolute Gasteiger partial charge is 0.480 e. The molecule has 3 atom stereocenters. The molecule has 3 N–H and O–H groups in total. The van der Waals surface area contributed by atoms with Crippen LogP contribution < -0.4 is 5.32 Å². The summed E-state index contributed by atoms with van der Waals surface area (Å²) in [5, 5.41) is 20.5. The number of halogens is 1. The molecule has 2 aliphatic rings. The van der Waals surface area contributed by atoms with Crippen LogP contribution in [0.2, 0.25) is 0 Å². The van der Waals surface area contributed by atoms with Crippen molar-refractivity contribution in [2.24, 2.45) is 5.41 Å². The minimum absolute atomic E-state index is 0. The molecule has 1 aliphatic carbocycles. The van der Waals surface area contributed by atoms with E-state index in [1.54, 1.807) is 0 Å². The predicted molar refractivity (Wildman–Crippen MR) is 44.3 cm³/mol. The van der Waals surface area contributed by atoms with Crippen molar-refractivity contribution in [2.45, 2.75) is 24.9 Å². The summed E-state index contributed by atoms with van der Waals surface area (Å²) in [5.74, 6) is -0.801. The summed E-state index contributed by atoms with van der Waals surface area (Å²) < 4.78 is 0. The van der Waals surface area contributed by atoms with Gasteiger partial charge in [-0.1, -0.05) is 0 Å². The fourth-order valence-electron chi connectivity index (χ4n) is 1.92. The van der Waals surface area contributed by atoms with E-state index >= 15 is 0 Å². The first-order valence-corrected chi connectivity index (χ1v) is 3.78. The molecule has 0 aromatic heterocycles. The van der Waals surface area contributed by atoms with E-state index in [1.807, 2.05) is 0 Å². The van der Waals surface area contributed by atoms with Crippen LogP contribution in [0.5, 0.6) is 0 Å². The lowest BCUT2D eigenvalue weighted by Gasteiger charge is -2.09. The Morgan fingerprint density at radius 1 is 1.58 bits per heavy atom. The Morgan fingerprint density at radius 2 is 2.25 bits per heavy atom. The molecule has 1 heterocycles. The quantitative estimate of drug-likeness (QED) is 0.559. The van der Waals surface area contributed by atoms with Crippen molar-refractivity contribution < 1.29 is 15.0 Å². The van der Waals surface area contributed by atoms with Gasteiger partial charge in [0.1, 0.15) is 6.04 Å². The SMILES string of the molecule is Cl.O=C(O)[C@@H]1C[C@]2(CO)C[C@@H]2N1. The molecule has 2 fully saturated rings. The smallest absolute Gasteiger partial charge is 0.320 e. The number of carboxylic acids is 1. The van der Waals surface area contributed by atoms with Crippen molar-refractivity contribution in [1.29, 1.82) is 0 Å². The molecule has 70 valence electrons. The summed E-state index contributed by atoms with van der Waals surface area (Å²) in [6, 6.07) is -0.172. The molecule has 5 heteroatoms. The van der Waals surface area contributed by atoms with Crippen LogP contribution in [0.4, 0.5) is 0 Å². The average Bonchev–Trinajstić information content (AvgIpc) is 2.55. The molecule has 0 amide bonds. The molecule has 1 aliphatic heterocycles. The van der Waals surface area contributed by atoms with E-state index in [4.69, 9.17) is 10.2 Å². The number of carbonyl (C=O) groups is 1. The number of rotatable bonds is 2. The van der Waals surface area contributed by atoms with Gasteiger partial charge in [-0.2, -0.15) is 0 Å². The summed E-state index contributed by atoms with van der Waals surface area (Å²) in [4.78, 5) is 10.5. The van der Waals surface area contributed by atoms with E-state index in [-0.39, 0.29) is 30.5 Å². The first-order chi connectivity index (χ1) is 5.18. The van der Waals surface area contributed by atoms with E-state index in [0.717, 1.165) is 6.42 Å². The molecule has 0 radical (unpaired) electrons. The van der Waals surface area contributed by atoms with Gasteiger partial charge in [0.25, 0.3) is 0 Å². The standard InChI is InChI=1S/C7H11NO3.ClH/c9-3-7-1-4(6(10)11)8-5(7)2-7;/h4-5,8-9H,1-3H2,(H,10,11);1H/t4-,5-,7+;/m0./s1. The number of aliphatic carboxylic acids is 1. The van der Waals surface area contributed by atoms with Gasteiger partial charge >= 0.3 is 5.97 Å². The Hall–Kier alpha value is -0.320. The number of fused-ring (bicyclic) bond motifs is 1. The van der Waals surface area contributed by atoms with Crippen LogP contribution in [-0.4, -0.2) is 34.9 Å². The maximum Gasteiger partial charge on any atom is 0.320 e. The number of piperidine rings is 1. The van der Waals surface area contributed by atoms with Crippen molar-refractivity contribution in [3.63, 3.8) is 0 Å². The van der Waals surface area contributed by atoms with E-state index in [1.165, 1.54) is 0 Å². The number of hydrogen-bond acceptors (Lipinski definition) is 3. The molecular formula is C7H12ClNO3. The van der Waals surface area contributed by atoms with Crippen molar-refractivity contribution in [2.75, 3.05) is 6.61 Å². The maximum atomic E-state index is 10.5. The first kappa shape index (κ1) is 9.77. The van der Waals surface area contributed by atoms with Gasteiger partial charge in [-0.05, 0) is 12.8 Å². The highest BCUT2D eigenvalue weighted by Gasteiger charge is 2.61. The number of aliphatic hydroxyl groups excluding tert-OH is 1. The summed E-state index contributed by atoms with van der Waals surface area (Å²) in [6.07, 6.45) is 1.52. The van der Waals surface area contributed by atoms with Crippen LogP contribution in [0, 0.1) is 5.41 Å². The van der Waals surface area contributed by atoms with Gasteiger partial charge in [-0.3, -0.25) is 4.79 Å². The lowest BCUT2D eigenvalue weighted by atomic mass is 10.0. The monoisotopic (exact) mass is 193 g/mol. The third-order valence-corrected chi connectivity index (χ3v) is 2.82. The Bertz CT molecular complexity index is 207. The Kier molecular flexibility index (Phi) is 2.33. The minimum Gasteiger partial charge on any atom is -0.480 e. The zero-order valence-electron chi connectivity index (χ0n) is 6.49. The molecule has 0 aromatic carbocycles. The second-order valence-electron chi connectivity index (χ2n) is 3.54. The molecular weight excluding hydrogens is 182 g/mol. The van der Waals surface area contributed by atoms with E-state index < -0.39 is 12.0 Å². The fourth-order valence-corrected chi connectivity index (χ4v) is 1.92. The van der Waals surface area contributed by atoms with Crippen LogP contribution in [-0.2, 0) is 4.79 Å². The highest BCUT2D eigenvalue weighted by atomic mass is 35.5. The lowest BCUT2D eigenvalue weighted by molar-refractivity contribution is -0.139. The molecule has 0 aromatic rings. The first-order valence-electron chi connectivity index (χ1n) is 3.78. The minimum atomic E-state index is -0.801. The summed E-state index contributed by atoms with van der Waals surface area (Å²) in [6.45, 7) is 0.119. The molecule has 1 saturated heterocycles. The molecule has 0 spiro atoms. The van der Waals surface area contributed by atoms with Gasteiger partial charge in [0, 0.05) is 11.5 Å². The van der Waals surface area contributed by atoms with Gasteiger partial charge < -0.3 is 15.5 Å². The van der Waals surface area contributed by atoms with Crippen molar-refractivity contribution in [3.8, 4) is 0 Å².